The summed E-state index contributed by atoms with van der Waals surface area (Å²) >= 11 is 0. The summed E-state index contributed by atoms with van der Waals surface area (Å²) in [6.07, 6.45) is 11.8. The van der Waals surface area contributed by atoms with Gasteiger partial charge in [0.25, 0.3) is 0 Å². The molecule has 0 atom stereocenters. The SMILES string of the molecule is CC(=O)CCC(=O)O.CCCCCCCCCCCCOS(=O)(=O)[O-].[Na+]. The molecule has 0 aromatic heterocycles. The normalized spacial score (nSPS) is 10.4. The van der Waals surface area contributed by atoms with Crippen molar-refractivity contribution in [2.45, 2.75) is 90.9 Å². The van der Waals surface area contributed by atoms with Crippen molar-refractivity contribution in [1.29, 1.82) is 0 Å². The summed E-state index contributed by atoms with van der Waals surface area (Å²) in [5.74, 6) is -0.993. The second-order valence-electron chi connectivity index (χ2n) is 6.01. The zero-order valence-electron chi connectivity index (χ0n) is 16.5. The molecule has 7 nitrogen and oxygen atoms in total. The van der Waals surface area contributed by atoms with Gasteiger partial charge in [-0.25, -0.2) is 8.42 Å². The van der Waals surface area contributed by atoms with Crippen LogP contribution in [0.5, 0.6) is 0 Å². The molecule has 0 aliphatic heterocycles. The molecular formula is C17H33NaO7S. The average molecular weight is 405 g/mol. The van der Waals surface area contributed by atoms with E-state index in [9.17, 15) is 22.6 Å². The van der Waals surface area contributed by atoms with Gasteiger partial charge in [0.1, 0.15) is 5.78 Å². The van der Waals surface area contributed by atoms with E-state index in [0.29, 0.717) is 6.42 Å². The predicted octanol–water partition coefficient (Wildman–Crippen LogP) is 0.828. The predicted molar refractivity (Wildman–Crippen MR) is 95.0 cm³/mol. The summed E-state index contributed by atoms with van der Waals surface area (Å²) in [7, 11) is -4.48. The number of carbonyl (C=O) groups is 2. The van der Waals surface area contributed by atoms with E-state index < -0.39 is 16.4 Å². The van der Waals surface area contributed by atoms with Crippen LogP contribution in [0.15, 0.2) is 0 Å². The first kappa shape index (κ1) is 30.7. The number of unbranched alkanes of at least 4 members (excludes halogenated alkanes) is 9. The van der Waals surface area contributed by atoms with Gasteiger partial charge in [0, 0.05) is 6.42 Å². The quantitative estimate of drug-likeness (QED) is 0.186. The molecule has 0 aliphatic rings. The minimum absolute atomic E-state index is 0. The van der Waals surface area contributed by atoms with E-state index in [-0.39, 0.29) is 54.8 Å². The molecule has 9 heteroatoms. The summed E-state index contributed by atoms with van der Waals surface area (Å²) in [4.78, 5) is 19.8. The zero-order chi connectivity index (χ0) is 19.6. The van der Waals surface area contributed by atoms with Crippen molar-refractivity contribution in [2.75, 3.05) is 6.61 Å². The number of hydrogen-bond donors (Lipinski definition) is 1. The molecule has 0 fully saturated rings. The second-order valence-corrected chi connectivity index (χ2v) is 7.06. The molecule has 0 spiro atoms. The van der Waals surface area contributed by atoms with Gasteiger partial charge in [-0.15, -0.1) is 0 Å². The second kappa shape index (κ2) is 21.3. The number of carboxylic acid groups (broad SMARTS) is 1. The Balaban J connectivity index is -0.000000498. The van der Waals surface area contributed by atoms with Gasteiger partial charge in [-0.2, -0.15) is 0 Å². The standard InChI is InChI=1S/C12H26O4S.C5H8O3.Na/c1-2-3-4-5-6-7-8-9-10-11-12-16-17(13,14)15;1-4(6)2-3-5(7)8;/h2-12H2,1H3,(H,13,14,15);2-3H2,1H3,(H,7,8);/q;;+1/p-1. The van der Waals surface area contributed by atoms with Gasteiger partial charge in [0.15, 0.2) is 0 Å². The molecule has 0 rings (SSSR count). The van der Waals surface area contributed by atoms with Crippen LogP contribution in [0.1, 0.15) is 90.9 Å². The Labute approximate surface area is 180 Å². The maximum atomic E-state index is 10.1. The average Bonchev–Trinajstić information content (AvgIpc) is 2.50. The Morgan fingerprint density at radius 1 is 0.885 bits per heavy atom. The molecule has 26 heavy (non-hydrogen) atoms. The van der Waals surface area contributed by atoms with Gasteiger partial charge in [0.2, 0.25) is 10.4 Å². The van der Waals surface area contributed by atoms with Gasteiger partial charge in [-0.3, -0.25) is 8.98 Å². The number of carboxylic acids is 1. The molecule has 0 unspecified atom stereocenters. The number of aliphatic carboxylic acids is 1. The van der Waals surface area contributed by atoms with Gasteiger partial charge in [0.05, 0.1) is 13.0 Å². The van der Waals surface area contributed by atoms with Crippen LogP contribution in [0.25, 0.3) is 0 Å². The summed E-state index contributed by atoms with van der Waals surface area (Å²) in [5.41, 5.74) is 0. The summed E-state index contributed by atoms with van der Waals surface area (Å²) in [6.45, 7) is 3.62. The monoisotopic (exact) mass is 404 g/mol. The van der Waals surface area contributed by atoms with Crippen molar-refractivity contribution in [1.82, 2.24) is 0 Å². The summed E-state index contributed by atoms with van der Waals surface area (Å²) in [5, 5.41) is 8.01. The van der Waals surface area contributed by atoms with Gasteiger partial charge < -0.3 is 14.5 Å². The third-order valence-electron chi connectivity index (χ3n) is 3.42. The Morgan fingerprint density at radius 3 is 1.62 bits per heavy atom. The fourth-order valence-electron chi connectivity index (χ4n) is 2.03. The van der Waals surface area contributed by atoms with Crippen LogP contribution >= 0.6 is 0 Å². The van der Waals surface area contributed by atoms with Crippen LogP contribution in [0.4, 0.5) is 0 Å². The Kier molecular flexibility index (Phi) is 25.2. The topological polar surface area (TPSA) is 121 Å². The molecule has 0 bridgehead atoms. The molecule has 150 valence electrons. The molecule has 0 amide bonds. The molecule has 0 radical (unpaired) electrons. The fraction of sp³-hybridized carbons (Fsp3) is 0.882. The molecule has 0 aliphatic carbocycles. The van der Waals surface area contributed by atoms with Crippen molar-refractivity contribution < 1.29 is 61.4 Å². The fourth-order valence-corrected chi connectivity index (χ4v) is 2.36. The van der Waals surface area contributed by atoms with E-state index >= 15 is 0 Å². The van der Waals surface area contributed by atoms with Crippen molar-refractivity contribution >= 4 is 22.2 Å². The third kappa shape index (κ3) is 35.2. The smallest absolute Gasteiger partial charge is 0.726 e. The Hall–Kier alpha value is 0.01000. The van der Waals surface area contributed by atoms with Gasteiger partial charge in [-0.1, -0.05) is 64.7 Å². The maximum Gasteiger partial charge on any atom is 1.00 e. The van der Waals surface area contributed by atoms with Crippen LogP contribution in [0, 0.1) is 0 Å². The number of hydrogen-bond acceptors (Lipinski definition) is 6. The molecule has 1 N–H and O–H groups in total. The minimum atomic E-state index is -4.48. The largest absolute Gasteiger partial charge is 1.00 e. The number of carbonyl (C=O) groups excluding carboxylic acids is 1. The van der Waals surface area contributed by atoms with Gasteiger partial charge in [-0.05, 0) is 13.3 Å². The Bertz CT molecular complexity index is 424. The van der Waals surface area contributed by atoms with Crippen molar-refractivity contribution in [3.05, 3.63) is 0 Å². The summed E-state index contributed by atoms with van der Waals surface area (Å²) in [6, 6.07) is 0. The van der Waals surface area contributed by atoms with Crippen molar-refractivity contribution in [3.63, 3.8) is 0 Å². The first-order valence-electron chi connectivity index (χ1n) is 9.00. The third-order valence-corrected chi connectivity index (χ3v) is 3.87. The first-order chi connectivity index (χ1) is 11.7. The molecule has 0 aromatic rings. The minimum Gasteiger partial charge on any atom is -0.726 e. The van der Waals surface area contributed by atoms with Crippen LogP contribution in [-0.4, -0.2) is 36.4 Å². The number of Topliss-reactive ketones (excluding diaryl/α,β-unsaturated/α-hetero) is 1. The van der Waals surface area contributed by atoms with E-state index in [2.05, 4.69) is 11.1 Å². The molecular weight excluding hydrogens is 371 g/mol. The van der Waals surface area contributed by atoms with Crippen LogP contribution in [0.3, 0.4) is 0 Å². The summed E-state index contributed by atoms with van der Waals surface area (Å²) < 4.78 is 34.5. The van der Waals surface area contributed by atoms with E-state index in [1.165, 1.54) is 51.9 Å². The Morgan fingerprint density at radius 2 is 1.31 bits per heavy atom. The van der Waals surface area contributed by atoms with Crippen LogP contribution in [0.2, 0.25) is 0 Å². The molecule has 0 heterocycles. The number of rotatable bonds is 15. The van der Waals surface area contributed by atoms with E-state index in [0.717, 1.165) is 12.8 Å². The molecule has 0 saturated carbocycles. The van der Waals surface area contributed by atoms with Crippen LogP contribution < -0.4 is 29.6 Å². The van der Waals surface area contributed by atoms with Crippen molar-refractivity contribution in [3.8, 4) is 0 Å². The first-order valence-corrected chi connectivity index (χ1v) is 10.3. The van der Waals surface area contributed by atoms with Crippen LogP contribution in [-0.2, 0) is 24.2 Å². The van der Waals surface area contributed by atoms with E-state index in [1.807, 2.05) is 0 Å². The number of ketones is 1. The zero-order valence-corrected chi connectivity index (χ0v) is 19.3. The van der Waals surface area contributed by atoms with Gasteiger partial charge >= 0.3 is 35.5 Å². The van der Waals surface area contributed by atoms with Crippen molar-refractivity contribution in [2.24, 2.45) is 0 Å². The van der Waals surface area contributed by atoms with E-state index in [1.54, 1.807) is 0 Å². The molecule has 0 aromatic carbocycles. The molecule has 0 saturated heterocycles. The maximum absolute atomic E-state index is 10.1. The van der Waals surface area contributed by atoms with E-state index in [4.69, 9.17) is 5.11 Å².